The minimum absolute atomic E-state index is 0.0996. The van der Waals surface area contributed by atoms with E-state index in [1.54, 1.807) is 4.90 Å². The summed E-state index contributed by atoms with van der Waals surface area (Å²) in [6.45, 7) is 1.74. The molecule has 0 saturated carbocycles. The Morgan fingerprint density at radius 1 is 0.977 bits per heavy atom. The molecule has 5 aliphatic heterocycles. The Labute approximate surface area is 249 Å². The Hall–Kier alpha value is -2.24. The van der Waals surface area contributed by atoms with Gasteiger partial charge in [0.15, 0.2) is 0 Å². The van der Waals surface area contributed by atoms with Crippen molar-refractivity contribution in [2.75, 3.05) is 52.5 Å². The van der Waals surface area contributed by atoms with E-state index in [1.165, 1.54) is 12.1 Å². The summed E-state index contributed by atoms with van der Waals surface area (Å²) in [6, 6.07) is 3.94. The summed E-state index contributed by atoms with van der Waals surface area (Å²) in [5.41, 5.74) is 0. The van der Waals surface area contributed by atoms with E-state index in [1.807, 2.05) is 0 Å². The Morgan fingerprint density at radius 3 is 2.51 bits per heavy atom. The third-order valence-electron chi connectivity index (χ3n) is 9.17. The van der Waals surface area contributed by atoms with Crippen molar-refractivity contribution >= 4 is 21.8 Å². The predicted molar refractivity (Wildman–Crippen MR) is 148 cm³/mol. The van der Waals surface area contributed by atoms with Crippen LogP contribution in [0.1, 0.15) is 25.7 Å². The number of carbonyl (C=O) groups is 2. The molecule has 0 radical (unpaired) electrons. The zero-order valence-electron chi connectivity index (χ0n) is 23.8. The number of carbonyl (C=O) groups excluding carboxylic acids is 2. The highest BCUT2D eigenvalue weighted by molar-refractivity contribution is 7.89. The average Bonchev–Trinajstić information content (AvgIpc) is 3.53. The molecule has 1 aromatic rings. The van der Waals surface area contributed by atoms with E-state index in [4.69, 9.17) is 14.2 Å². The molecule has 5 fully saturated rings. The summed E-state index contributed by atoms with van der Waals surface area (Å²) >= 11 is 0. The highest BCUT2D eigenvalue weighted by Gasteiger charge is 2.48. The monoisotopic (exact) mass is 626 g/mol. The second-order valence-corrected chi connectivity index (χ2v) is 13.9. The molecule has 6 bridgehead atoms. The maximum Gasteiger partial charge on any atom is 0.243 e. The van der Waals surface area contributed by atoms with Crippen LogP contribution in [0, 0.1) is 5.82 Å². The van der Waals surface area contributed by atoms with E-state index in [9.17, 15) is 32.6 Å². The van der Waals surface area contributed by atoms with E-state index >= 15 is 0 Å². The molecule has 0 aliphatic carbocycles. The number of hydrogen-bond donors (Lipinski definition) is 3. The molecular formula is C28H39FN4O9S. The molecule has 5 heterocycles. The van der Waals surface area contributed by atoms with Crippen molar-refractivity contribution in [2.45, 2.75) is 79.2 Å². The quantitative estimate of drug-likeness (QED) is 0.367. The zero-order valence-corrected chi connectivity index (χ0v) is 24.6. The number of rotatable bonds is 3. The van der Waals surface area contributed by atoms with Gasteiger partial charge in [-0.05, 0) is 37.5 Å². The van der Waals surface area contributed by atoms with Crippen molar-refractivity contribution in [3.8, 4) is 0 Å². The minimum Gasteiger partial charge on any atom is -0.388 e. The summed E-state index contributed by atoms with van der Waals surface area (Å²) in [5.74, 6) is -1.23. The number of nitrogens with zero attached hydrogens (tertiary/aromatic N) is 3. The van der Waals surface area contributed by atoms with Crippen molar-refractivity contribution in [1.29, 1.82) is 0 Å². The molecule has 7 atom stereocenters. The van der Waals surface area contributed by atoms with Crippen LogP contribution in [0.3, 0.4) is 0 Å². The number of fused-ring (bicyclic) bond motifs is 6. The number of hydrogen-bond acceptors (Lipinski definition) is 10. The number of ether oxygens (including phenoxy) is 3. The van der Waals surface area contributed by atoms with Crippen LogP contribution in [0.2, 0.25) is 0 Å². The van der Waals surface area contributed by atoms with Gasteiger partial charge < -0.3 is 34.6 Å². The molecule has 5 saturated heterocycles. The SMILES string of the molecule is O=C1C[C@@H]2O[C@H](CN(S(=O)(=O)c3cccc(F)c3)C[C@@H]3CN(CCO3)C(=O)[C@@H]3C[C@@H](CN3C3CCOCC3)N1)[C@@H](O)[C@H]2O. The van der Waals surface area contributed by atoms with Crippen LogP contribution < -0.4 is 5.32 Å². The van der Waals surface area contributed by atoms with Crippen molar-refractivity contribution in [3.63, 3.8) is 0 Å². The third kappa shape index (κ3) is 6.45. The largest absolute Gasteiger partial charge is 0.388 e. The van der Waals surface area contributed by atoms with Gasteiger partial charge in [0.2, 0.25) is 21.8 Å². The van der Waals surface area contributed by atoms with Gasteiger partial charge >= 0.3 is 0 Å². The summed E-state index contributed by atoms with van der Waals surface area (Å²) < 4.78 is 60.0. The molecule has 0 unspecified atom stereocenters. The molecule has 5 aliphatic rings. The number of aliphatic hydroxyl groups is 2. The molecule has 15 heteroatoms. The first-order valence-corrected chi connectivity index (χ1v) is 16.3. The molecule has 2 amide bonds. The van der Waals surface area contributed by atoms with Gasteiger partial charge in [-0.2, -0.15) is 4.31 Å². The molecule has 3 N–H and O–H groups in total. The normalized spacial score (nSPS) is 35.7. The van der Waals surface area contributed by atoms with Crippen molar-refractivity contribution < 1.29 is 46.8 Å². The number of likely N-dealkylation sites (tertiary alicyclic amines) is 1. The maximum absolute atomic E-state index is 14.1. The number of aliphatic hydroxyl groups excluding tert-OH is 2. The summed E-state index contributed by atoms with van der Waals surface area (Å²) in [4.78, 5) is 30.7. The highest BCUT2D eigenvalue weighted by Crippen LogP contribution is 2.30. The fourth-order valence-electron chi connectivity index (χ4n) is 6.96. The van der Waals surface area contributed by atoms with Crippen LogP contribution in [0.25, 0.3) is 0 Å². The first-order chi connectivity index (χ1) is 20.6. The van der Waals surface area contributed by atoms with Crippen LogP contribution in [-0.2, 0) is 33.8 Å². The van der Waals surface area contributed by atoms with Gasteiger partial charge in [-0.25, -0.2) is 12.8 Å². The first-order valence-electron chi connectivity index (χ1n) is 14.9. The second-order valence-electron chi connectivity index (χ2n) is 12.0. The zero-order chi connectivity index (χ0) is 30.3. The van der Waals surface area contributed by atoms with Crippen LogP contribution in [0.4, 0.5) is 4.39 Å². The molecule has 6 rings (SSSR count). The number of sulfonamides is 1. The van der Waals surface area contributed by atoms with E-state index in [2.05, 4.69) is 10.2 Å². The van der Waals surface area contributed by atoms with Gasteiger partial charge in [-0.1, -0.05) is 6.07 Å². The maximum atomic E-state index is 14.1. The Kier molecular flexibility index (Phi) is 9.04. The molecule has 43 heavy (non-hydrogen) atoms. The minimum atomic E-state index is -4.32. The van der Waals surface area contributed by atoms with Gasteiger partial charge in [0.25, 0.3) is 0 Å². The Bertz CT molecular complexity index is 1300. The lowest BCUT2D eigenvalue weighted by Gasteiger charge is -2.40. The number of amides is 2. The van der Waals surface area contributed by atoms with E-state index in [0.29, 0.717) is 32.7 Å². The molecule has 0 aromatic heterocycles. The summed E-state index contributed by atoms with van der Waals surface area (Å²) in [7, 11) is -4.32. The fraction of sp³-hybridized carbons (Fsp3) is 0.714. The fourth-order valence-corrected chi connectivity index (χ4v) is 8.48. The van der Waals surface area contributed by atoms with Gasteiger partial charge in [0, 0.05) is 58.0 Å². The molecule has 0 spiro atoms. The van der Waals surface area contributed by atoms with Crippen LogP contribution in [0.15, 0.2) is 29.2 Å². The predicted octanol–water partition coefficient (Wildman–Crippen LogP) is -1.33. The summed E-state index contributed by atoms with van der Waals surface area (Å²) in [5, 5.41) is 24.6. The number of halogens is 1. The Morgan fingerprint density at radius 2 is 1.74 bits per heavy atom. The van der Waals surface area contributed by atoms with Crippen molar-refractivity contribution in [1.82, 2.24) is 19.4 Å². The Balaban J connectivity index is 1.32. The van der Waals surface area contributed by atoms with Crippen LogP contribution in [0.5, 0.6) is 0 Å². The highest BCUT2D eigenvalue weighted by atomic mass is 32.2. The molecule has 238 valence electrons. The number of nitrogens with one attached hydrogen (secondary N) is 1. The third-order valence-corrected chi connectivity index (χ3v) is 11.0. The van der Waals surface area contributed by atoms with Crippen molar-refractivity contribution in [3.05, 3.63) is 30.1 Å². The van der Waals surface area contributed by atoms with Crippen molar-refractivity contribution in [2.24, 2.45) is 0 Å². The number of benzene rings is 1. The molecular weight excluding hydrogens is 587 g/mol. The molecule has 13 nitrogen and oxygen atoms in total. The van der Waals surface area contributed by atoms with Gasteiger partial charge in [0.1, 0.15) is 24.1 Å². The lowest BCUT2D eigenvalue weighted by molar-refractivity contribution is -0.145. The van der Waals surface area contributed by atoms with E-state index in [-0.39, 0.29) is 55.5 Å². The second kappa shape index (κ2) is 12.6. The standard InChI is InChI=1S/C28H39FN4O9S/c29-17-2-1-3-21(10-17)43(38,39)32-15-20-14-31(6-9-41-20)28(37)22-11-18(13-33(22)19-4-7-40-8-5-19)30-25(34)12-23-26(35)27(36)24(16-32)42-23/h1-3,10,18-20,22-24,26-27,35-36H,4-9,11-16H2,(H,30,34)/t18-,20-,22-,23-,24+,26-,27+/m0/s1. The van der Waals surface area contributed by atoms with Gasteiger partial charge in [-0.15, -0.1) is 0 Å². The van der Waals surface area contributed by atoms with E-state index in [0.717, 1.165) is 29.3 Å². The average molecular weight is 627 g/mol. The lowest BCUT2D eigenvalue weighted by Crippen LogP contribution is -2.56. The van der Waals surface area contributed by atoms with Gasteiger partial charge in [-0.3, -0.25) is 14.5 Å². The van der Waals surface area contributed by atoms with Gasteiger partial charge in [0.05, 0.1) is 36.2 Å². The topological polar surface area (TPSA) is 158 Å². The first kappa shape index (κ1) is 30.8. The summed E-state index contributed by atoms with van der Waals surface area (Å²) in [6.07, 6.45) is -4.15. The molecule has 1 aromatic carbocycles. The number of morpholine rings is 1. The van der Waals surface area contributed by atoms with Crippen LogP contribution >= 0.6 is 0 Å². The van der Waals surface area contributed by atoms with E-state index < -0.39 is 58.3 Å². The van der Waals surface area contributed by atoms with Crippen LogP contribution in [-0.4, -0.2) is 146 Å². The smallest absolute Gasteiger partial charge is 0.243 e. The lowest BCUT2D eigenvalue weighted by atomic mass is 10.0.